The molecule has 1 aliphatic heterocycles. The van der Waals surface area contributed by atoms with E-state index < -0.39 is 15.9 Å². The molecule has 0 spiro atoms. The van der Waals surface area contributed by atoms with Gasteiger partial charge in [-0.1, -0.05) is 11.6 Å². The Kier molecular flexibility index (Phi) is 6.88. The van der Waals surface area contributed by atoms with E-state index in [1.807, 2.05) is 0 Å². The molecular formula is C21H24ClN3O5S. The zero-order valence-corrected chi connectivity index (χ0v) is 19.0. The Morgan fingerprint density at radius 1 is 1.23 bits per heavy atom. The van der Waals surface area contributed by atoms with Crippen LogP contribution in [-0.2, 0) is 19.6 Å². The molecular weight excluding hydrogens is 442 g/mol. The number of nitrogens with zero attached hydrogens (tertiary/aromatic N) is 2. The number of amides is 2. The van der Waals surface area contributed by atoms with Gasteiger partial charge in [0.2, 0.25) is 21.8 Å². The van der Waals surface area contributed by atoms with Crippen molar-refractivity contribution in [3.05, 3.63) is 47.5 Å². The first-order valence-corrected chi connectivity index (χ1v) is 11.5. The van der Waals surface area contributed by atoms with Crippen LogP contribution in [0.25, 0.3) is 0 Å². The standard InChI is InChI=1S/C21H24ClN3O5S/c1-4-30-18-10-7-16(12-19(18)31(28,29)24(2)3)23-21(27)14-11-20(26)25(13-14)17-8-5-15(22)6-9-17/h5-10,12,14H,4,11,13H2,1-3H3,(H,23,27). The molecule has 8 nitrogen and oxygen atoms in total. The summed E-state index contributed by atoms with van der Waals surface area (Å²) in [5, 5.41) is 3.29. The van der Waals surface area contributed by atoms with Gasteiger partial charge >= 0.3 is 0 Å². The van der Waals surface area contributed by atoms with Crippen molar-refractivity contribution in [1.29, 1.82) is 0 Å². The first kappa shape index (κ1) is 23.1. The van der Waals surface area contributed by atoms with E-state index in [0.717, 1.165) is 4.31 Å². The third-order valence-corrected chi connectivity index (χ3v) is 6.99. The van der Waals surface area contributed by atoms with Crippen molar-refractivity contribution >= 4 is 44.8 Å². The lowest BCUT2D eigenvalue weighted by Gasteiger charge is -2.18. The molecule has 3 rings (SSSR count). The Hall–Kier alpha value is -2.62. The van der Waals surface area contributed by atoms with E-state index in [0.29, 0.717) is 23.0 Å². The minimum Gasteiger partial charge on any atom is -0.492 e. The van der Waals surface area contributed by atoms with Crippen LogP contribution in [0.2, 0.25) is 5.02 Å². The molecule has 0 aliphatic carbocycles. The van der Waals surface area contributed by atoms with E-state index in [-0.39, 0.29) is 35.4 Å². The van der Waals surface area contributed by atoms with Crippen LogP contribution < -0.4 is 15.0 Å². The van der Waals surface area contributed by atoms with Gasteiger partial charge in [-0.15, -0.1) is 0 Å². The van der Waals surface area contributed by atoms with E-state index in [1.54, 1.807) is 42.2 Å². The zero-order valence-electron chi connectivity index (χ0n) is 17.5. The molecule has 1 N–H and O–H groups in total. The van der Waals surface area contributed by atoms with Crippen molar-refractivity contribution < 1.29 is 22.7 Å². The number of halogens is 1. The lowest BCUT2D eigenvalue weighted by Crippen LogP contribution is -2.28. The van der Waals surface area contributed by atoms with Gasteiger partial charge in [-0.2, -0.15) is 0 Å². The number of rotatable bonds is 7. The fourth-order valence-corrected chi connectivity index (χ4v) is 4.43. The highest BCUT2D eigenvalue weighted by Gasteiger charge is 2.35. The number of nitrogens with one attached hydrogen (secondary N) is 1. The van der Waals surface area contributed by atoms with Crippen LogP contribution >= 0.6 is 11.6 Å². The number of carbonyl (C=O) groups is 2. The molecule has 2 aromatic carbocycles. The predicted octanol–water partition coefficient (Wildman–Crippen LogP) is 2.98. The molecule has 1 aliphatic rings. The summed E-state index contributed by atoms with van der Waals surface area (Å²) in [6.45, 7) is 2.28. The third kappa shape index (κ3) is 5.00. The van der Waals surface area contributed by atoms with E-state index >= 15 is 0 Å². The number of anilines is 2. The Morgan fingerprint density at radius 2 is 1.90 bits per heavy atom. The van der Waals surface area contributed by atoms with Crippen molar-refractivity contribution in [1.82, 2.24) is 4.31 Å². The molecule has 1 saturated heterocycles. The lowest BCUT2D eigenvalue weighted by atomic mass is 10.1. The summed E-state index contributed by atoms with van der Waals surface area (Å²) in [5.41, 5.74) is 0.983. The average molecular weight is 466 g/mol. The van der Waals surface area contributed by atoms with Gasteiger partial charge in [0.15, 0.2) is 0 Å². The molecule has 1 atom stereocenters. The Balaban J connectivity index is 1.79. The fourth-order valence-electron chi connectivity index (χ4n) is 3.26. The number of benzene rings is 2. The van der Waals surface area contributed by atoms with Gasteiger partial charge in [-0.05, 0) is 49.4 Å². The molecule has 2 amide bonds. The van der Waals surface area contributed by atoms with Crippen LogP contribution in [0.4, 0.5) is 11.4 Å². The van der Waals surface area contributed by atoms with Crippen molar-refractivity contribution in [2.75, 3.05) is 37.5 Å². The average Bonchev–Trinajstić information content (AvgIpc) is 3.11. The SMILES string of the molecule is CCOc1ccc(NC(=O)C2CC(=O)N(c3ccc(Cl)cc3)C2)cc1S(=O)(=O)N(C)C. The highest BCUT2D eigenvalue weighted by molar-refractivity contribution is 7.89. The van der Waals surface area contributed by atoms with Gasteiger partial charge in [0.05, 0.1) is 12.5 Å². The number of ether oxygens (including phenoxy) is 1. The topological polar surface area (TPSA) is 96.0 Å². The summed E-state index contributed by atoms with van der Waals surface area (Å²) < 4.78 is 31.8. The number of hydrogen-bond acceptors (Lipinski definition) is 5. The van der Waals surface area contributed by atoms with E-state index in [1.165, 1.54) is 26.2 Å². The molecule has 1 fully saturated rings. The number of hydrogen-bond donors (Lipinski definition) is 1. The second-order valence-electron chi connectivity index (χ2n) is 7.25. The summed E-state index contributed by atoms with van der Waals surface area (Å²) >= 11 is 5.90. The van der Waals surface area contributed by atoms with Gasteiger partial charge in [0.1, 0.15) is 10.6 Å². The van der Waals surface area contributed by atoms with Crippen LogP contribution in [0, 0.1) is 5.92 Å². The maximum Gasteiger partial charge on any atom is 0.246 e. The second-order valence-corrected chi connectivity index (χ2v) is 9.81. The monoisotopic (exact) mass is 465 g/mol. The maximum absolute atomic E-state index is 12.8. The summed E-state index contributed by atoms with van der Waals surface area (Å²) in [4.78, 5) is 26.7. The van der Waals surface area contributed by atoms with Crippen LogP contribution in [-0.4, -0.2) is 51.8 Å². The van der Waals surface area contributed by atoms with Crippen LogP contribution in [0.5, 0.6) is 5.75 Å². The molecule has 1 unspecified atom stereocenters. The molecule has 10 heteroatoms. The molecule has 0 saturated carbocycles. The summed E-state index contributed by atoms with van der Waals surface area (Å²) in [5.74, 6) is -0.880. The van der Waals surface area contributed by atoms with Gasteiger partial charge in [-0.25, -0.2) is 12.7 Å². The molecule has 166 valence electrons. The predicted molar refractivity (Wildman–Crippen MR) is 119 cm³/mol. The van der Waals surface area contributed by atoms with Crippen LogP contribution in [0.3, 0.4) is 0 Å². The summed E-state index contributed by atoms with van der Waals surface area (Å²) in [7, 11) is -0.935. The second kappa shape index (κ2) is 9.25. The van der Waals surface area contributed by atoms with Gasteiger partial charge in [-0.3, -0.25) is 9.59 Å². The number of carbonyl (C=O) groups excluding carboxylic acids is 2. The minimum atomic E-state index is -3.78. The van der Waals surface area contributed by atoms with Crippen molar-refractivity contribution in [3.63, 3.8) is 0 Å². The highest BCUT2D eigenvalue weighted by Crippen LogP contribution is 2.31. The third-order valence-electron chi connectivity index (χ3n) is 4.90. The highest BCUT2D eigenvalue weighted by atomic mass is 35.5. The van der Waals surface area contributed by atoms with Gasteiger partial charge in [0.25, 0.3) is 0 Å². The summed E-state index contributed by atoms with van der Waals surface area (Å²) in [6.07, 6.45) is 0.0638. The number of sulfonamides is 1. The first-order valence-electron chi connectivity index (χ1n) is 9.69. The molecule has 2 aromatic rings. The van der Waals surface area contributed by atoms with Crippen LogP contribution in [0.1, 0.15) is 13.3 Å². The fraction of sp³-hybridized carbons (Fsp3) is 0.333. The maximum atomic E-state index is 12.8. The zero-order chi connectivity index (χ0) is 22.8. The lowest BCUT2D eigenvalue weighted by molar-refractivity contribution is -0.122. The van der Waals surface area contributed by atoms with Crippen molar-refractivity contribution in [2.24, 2.45) is 5.92 Å². The van der Waals surface area contributed by atoms with E-state index in [2.05, 4.69) is 5.32 Å². The van der Waals surface area contributed by atoms with Crippen molar-refractivity contribution in [2.45, 2.75) is 18.2 Å². The molecule has 0 bridgehead atoms. The van der Waals surface area contributed by atoms with Gasteiger partial charge in [0, 0.05) is 43.5 Å². The van der Waals surface area contributed by atoms with E-state index in [4.69, 9.17) is 16.3 Å². The summed E-state index contributed by atoms with van der Waals surface area (Å²) in [6, 6.07) is 11.3. The van der Waals surface area contributed by atoms with Crippen molar-refractivity contribution in [3.8, 4) is 5.75 Å². The molecule has 1 heterocycles. The minimum absolute atomic E-state index is 0.0394. The molecule has 0 radical (unpaired) electrons. The largest absolute Gasteiger partial charge is 0.492 e. The first-order chi connectivity index (χ1) is 14.6. The quantitative estimate of drug-likeness (QED) is 0.678. The molecule has 31 heavy (non-hydrogen) atoms. The molecule has 0 aromatic heterocycles. The van der Waals surface area contributed by atoms with Gasteiger partial charge < -0.3 is 15.0 Å². The van der Waals surface area contributed by atoms with E-state index in [9.17, 15) is 18.0 Å². The Morgan fingerprint density at radius 3 is 2.52 bits per heavy atom. The Bertz CT molecular complexity index is 1090. The van der Waals surface area contributed by atoms with Crippen LogP contribution in [0.15, 0.2) is 47.4 Å². The smallest absolute Gasteiger partial charge is 0.246 e. The Labute approximate surface area is 186 Å². The normalized spacial score (nSPS) is 16.6.